The fourth-order valence-corrected chi connectivity index (χ4v) is 5.17. The van der Waals surface area contributed by atoms with E-state index in [4.69, 9.17) is 0 Å². The molecular formula is C20H27N3OS2. The number of amides is 1. The number of hydrogen-bond donors (Lipinski definition) is 1. The molecule has 0 unspecified atom stereocenters. The number of rotatable bonds is 9. The van der Waals surface area contributed by atoms with Crippen LogP contribution in [0, 0.1) is 5.92 Å². The summed E-state index contributed by atoms with van der Waals surface area (Å²) in [4.78, 5) is 12.1. The Morgan fingerprint density at radius 1 is 1.15 bits per heavy atom. The molecule has 0 bridgehead atoms. The zero-order chi connectivity index (χ0) is 18.0. The second kappa shape index (κ2) is 10.7. The van der Waals surface area contributed by atoms with Crippen molar-refractivity contribution in [3.63, 3.8) is 0 Å². The molecule has 1 amide bonds. The summed E-state index contributed by atoms with van der Waals surface area (Å²) in [6.07, 6.45) is 10.4. The zero-order valence-corrected chi connectivity index (χ0v) is 16.8. The Morgan fingerprint density at radius 3 is 2.77 bits per heavy atom. The molecule has 1 heterocycles. The molecule has 1 N–H and O–H groups in total. The van der Waals surface area contributed by atoms with E-state index in [-0.39, 0.29) is 5.91 Å². The molecule has 6 heteroatoms. The highest BCUT2D eigenvalue weighted by atomic mass is 32.2. The summed E-state index contributed by atoms with van der Waals surface area (Å²) in [6, 6.07) is 10.5. The Balaban J connectivity index is 1.32. The molecule has 1 aromatic carbocycles. The predicted octanol–water partition coefficient (Wildman–Crippen LogP) is 5.56. The Hall–Kier alpha value is -1.40. The van der Waals surface area contributed by atoms with Crippen LogP contribution >= 0.6 is 23.1 Å². The van der Waals surface area contributed by atoms with Crippen LogP contribution < -0.4 is 5.32 Å². The lowest BCUT2D eigenvalue weighted by Gasteiger charge is -2.20. The highest BCUT2D eigenvalue weighted by Crippen LogP contribution is 2.28. The van der Waals surface area contributed by atoms with Crippen molar-refractivity contribution in [1.29, 1.82) is 0 Å². The van der Waals surface area contributed by atoms with Crippen LogP contribution in [0.1, 0.15) is 56.9 Å². The maximum absolute atomic E-state index is 12.1. The minimum atomic E-state index is 0.0763. The van der Waals surface area contributed by atoms with E-state index in [9.17, 15) is 4.79 Å². The van der Waals surface area contributed by atoms with Crippen LogP contribution in [0.4, 0.5) is 5.13 Å². The van der Waals surface area contributed by atoms with Gasteiger partial charge in [-0.1, -0.05) is 85.5 Å². The van der Waals surface area contributed by atoms with E-state index in [2.05, 4.69) is 39.8 Å². The van der Waals surface area contributed by atoms with E-state index < -0.39 is 0 Å². The standard InChI is InChI=1S/C20H27N3OS2/c24-18(14-13-17-10-5-2-6-11-17)21-19-22-23-20(26-19)25-15-7-12-16-8-3-1-4-9-16/h1,3-4,8-9,17H,2,5-7,10-15H2,(H,21,22,24). The SMILES string of the molecule is O=C(CCC1CCCCC1)Nc1nnc(SCCCc2ccccc2)s1. The summed E-state index contributed by atoms with van der Waals surface area (Å²) >= 11 is 3.19. The summed E-state index contributed by atoms with van der Waals surface area (Å²) in [6.45, 7) is 0. The topological polar surface area (TPSA) is 54.9 Å². The molecule has 1 fully saturated rings. The number of aryl methyl sites for hydroxylation is 1. The molecule has 1 aromatic heterocycles. The van der Waals surface area contributed by atoms with E-state index in [1.807, 2.05) is 6.07 Å². The molecule has 1 aliphatic carbocycles. The van der Waals surface area contributed by atoms with Gasteiger partial charge in [-0.3, -0.25) is 4.79 Å². The second-order valence-corrected chi connectivity index (χ2v) is 9.22. The number of nitrogens with zero attached hydrogens (tertiary/aromatic N) is 2. The maximum atomic E-state index is 12.1. The van der Waals surface area contributed by atoms with Crippen LogP contribution in [0.15, 0.2) is 34.7 Å². The molecule has 0 aliphatic heterocycles. The molecule has 1 saturated carbocycles. The van der Waals surface area contributed by atoms with Gasteiger partial charge in [0.15, 0.2) is 4.34 Å². The van der Waals surface area contributed by atoms with Gasteiger partial charge < -0.3 is 5.32 Å². The molecule has 1 aliphatic rings. The van der Waals surface area contributed by atoms with E-state index >= 15 is 0 Å². The highest BCUT2D eigenvalue weighted by molar-refractivity contribution is 8.01. The Labute approximate surface area is 164 Å². The molecule has 26 heavy (non-hydrogen) atoms. The third kappa shape index (κ3) is 6.72. The number of benzene rings is 1. The van der Waals surface area contributed by atoms with Crippen LogP contribution in [0.3, 0.4) is 0 Å². The second-order valence-electron chi connectivity index (χ2n) is 6.90. The van der Waals surface area contributed by atoms with Crippen molar-refractivity contribution in [3.8, 4) is 0 Å². The molecule has 0 saturated heterocycles. The van der Waals surface area contributed by atoms with Gasteiger partial charge in [0.05, 0.1) is 0 Å². The zero-order valence-electron chi connectivity index (χ0n) is 15.2. The van der Waals surface area contributed by atoms with Crippen molar-refractivity contribution in [3.05, 3.63) is 35.9 Å². The third-order valence-electron chi connectivity index (χ3n) is 4.84. The average molecular weight is 390 g/mol. The van der Waals surface area contributed by atoms with Crippen LogP contribution in [-0.2, 0) is 11.2 Å². The van der Waals surface area contributed by atoms with E-state index in [1.165, 1.54) is 49.0 Å². The minimum absolute atomic E-state index is 0.0763. The van der Waals surface area contributed by atoms with Crippen molar-refractivity contribution in [2.24, 2.45) is 5.92 Å². The molecule has 0 radical (unpaired) electrons. The number of anilines is 1. The summed E-state index contributed by atoms with van der Waals surface area (Å²) in [7, 11) is 0. The Morgan fingerprint density at radius 2 is 1.96 bits per heavy atom. The Bertz CT molecular complexity index is 669. The molecule has 2 aromatic rings. The smallest absolute Gasteiger partial charge is 0.226 e. The van der Waals surface area contributed by atoms with Gasteiger partial charge in [0.25, 0.3) is 0 Å². The summed E-state index contributed by atoms with van der Waals surface area (Å²) in [5, 5.41) is 11.8. The van der Waals surface area contributed by atoms with Crippen molar-refractivity contribution >= 4 is 34.1 Å². The average Bonchev–Trinajstić information content (AvgIpc) is 3.12. The number of aromatic nitrogens is 2. The van der Waals surface area contributed by atoms with Gasteiger partial charge in [0, 0.05) is 12.2 Å². The first-order chi connectivity index (χ1) is 12.8. The molecule has 4 nitrogen and oxygen atoms in total. The van der Waals surface area contributed by atoms with Gasteiger partial charge >= 0.3 is 0 Å². The van der Waals surface area contributed by atoms with Gasteiger partial charge in [-0.25, -0.2) is 0 Å². The van der Waals surface area contributed by atoms with E-state index in [1.54, 1.807) is 11.8 Å². The molecule has 3 rings (SSSR count). The lowest BCUT2D eigenvalue weighted by atomic mass is 9.86. The highest BCUT2D eigenvalue weighted by Gasteiger charge is 2.15. The van der Waals surface area contributed by atoms with Crippen molar-refractivity contribution in [2.45, 2.75) is 62.1 Å². The maximum Gasteiger partial charge on any atom is 0.226 e. The summed E-state index contributed by atoms with van der Waals surface area (Å²) < 4.78 is 0.931. The number of carbonyl (C=O) groups is 1. The van der Waals surface area contributed by atoms with Gasteiger partial charge in [-0.15, -0.1) is 10.2 Å². The number of carbonyl (C=O) groups excluding carboxylic acids is 1. The molecule has 140 valence electrons. The number of nitrogens with one attached hydrogen (secondary N) is 1. The molecular weight excluding hydrogens is 362 g/mol. The van der Waals surface area contributed by atoms with Crippen molar-refractivity contribution < 1.29 is 4.79 Å². The molecule has 0 atom stereocenters. The number of thioether (sulfide) groups is 1. The van der Waals surface area contributed by atoms with Crippen LogP contribution in [0.5, 0.6) is 0 Å². The van der Waals surface area contributed by atoms with Gasteiger partial charge in [-0.05, 0) is 30.7 Å². The molecule has 0 spiro atoms. The first-order valence-electron chi connectivity index (χ1n) is 9.59. The lowest BCUT2D eigenvalue weighted by molar-refractivity contribution is -0.116. The third-order valence-corrected chi connectivity index (χ3v) is 6.89. The van der Waals surface area contributed by atoms with Crippen LogP contribution in [0.25, 0.3) is 0 Å². The van der Waals surface area contributed by atoms with Crippen LogP contribution in [-0.4, -0.2) is 21.9 Å². The quantitative estimate of drug-likeness (QED) is 0.346. The first kappa shape index (κ1) is 19.4. The lowest BCUT2D eigenvalue weighted by Crippen LogP contribution is -2.14. The van der Waals surface area contributed by atoms with Crippen LogP contribution in [0.2, 0.25) is 0 Å². The fraction of sp³-hybridized carbons (Fsp3) is 0.550. The van der Waals surface area contributed by atoms with Gasteiger partial charge in [0.2, 0.25) is 11.0 Å². The largest absolute Gasteiger partial charge is 0.301 e. The number of hydrogen-bond acceptors (Lipinski definition) is 5. The monoisotopic (exact) mass is 389 g/mol. The van der Waals surface area contributed by atoms with Crippen molar-refractivity contribution in [1.82, 2.24) is 10.2 Å². The van der Waals surface area contributed by atoms with Crippen molar-refractivity contribution in [2.75, 3.05) is 11.1 Å². The Kier molecular flexibility index (Phi) is 7.95. The minimum Gasteiger partial charge on any atom is -0.301 e. The fourth-order valence-electron chi connectivity index (χ4n) is 3.39. The summed E-state index contributed by atoms with van der Waals surface area (Å²) in [5.41, 5.74) is 1.37. The summed E-state index contributed by atoms with van der Waals surface area (Å²) in [5.74, 6) is 1.83. The first-order valence-corrected chi connectivity index (χ1v) is 11.4. The van der Waals surface area contributed by atoms with Gasteiger partial charge in [0.1, 0.15) is 0 Å². The van der Waals surface area contributed by atoms with Gasteiger partial charge in [-0.2, -0.15) is 0 Å². The van der Waals surface area contributed by atoms with E-state index in [0.717, 1.165) is 35.3 Å². The predicted molar refractivity (Wildman–Crippen MR) is 110 cm³/mol. The van der Waals surface area contributed by atoms with E-state index in [0.29, 0.717) is 11.6 Å². The normalized spacial score (nSPS) is 15.1.